The Morgan fingerprint density at radius 2 is 1.75 bits per heavy atom. The summed E-state index contributed by atoms with van der Waals surface area (Å²) in [5.41, 5.74) is -0.359. The van der Waals surface area contributed by atoms with Crippen LogP contribution >= 0.6 is 0 Å². The average molecular weight is 194 g/mol. The summed E-state index contributed by atoms with van der Waals surface area (Å²) in [6, 6.07) is 0. The van der Waals surface area contributed by atoms with E-state index in [-0.39, 0.29) is 16.9 Å². The maximum absolute atomic E-state index is 11.1. The topological polar surface area (TPSA) is 54.4 Å². The monoisotopic (exact) mass is 194 g/mol. The molecule has 1 N–H and O–H groups in total. The molecule has 74 valence electrons. The van der Waals surface area contributed by atoms with Crippen LogP contribution in [0.25, 0.3) is 0 Å². The fourth-order valence-corrected chi connectivity index (χ4v) is 1.83. The zero-order valence-corrected chi connectivity index (χ0v) is 8.98. The maximum atomic E-state index is 11.1. The lowest BCUT2D eigenvalue weighted by Gasteiger charge is -2.25. The molecule has 0 aliphatic carbocycles. The van der Waals surface area contributed by atoms with Crippen molar-refractivity contribution in [2.45, 2.75) is 33.8 Å². The van der Waals surface area contributed by atoms with Gasteiger partial charge in [0.1, 0.15) is 0 Å². The van der Waals surface area contributed by atoms with Gasteiger partial charge in [-0.15, -0.1) is 0 Å². The second-order valence-corrected chi connectivity index (χ2v) is 6.48. The maximum Gasteiger partial charge on any atom is 0.152 e. The molecule has 0 radical (unpaired) electrons. The molecule has 0 unspecified atom stereocenters. The molecule has 4 heteroatoms. The normalized spacial score (nSPS) is 16.1. The van der Waals surface area contributed by atoms with Crippen LogP contribution in [0.15, 0.2) is 0 Å². The molecular formula is C8H18O3S. The van der Waals surface area contributed by atoms with Crippen molar-refractivity contribution in [3.8, 4) is 0 Å². The lowest BCUT2D eigenvalue weighted by molar-refractivity contribution is 0.0827. The molecule has 0 aromatic heterocycles. The molecule has 0 fully saturated rings. The van der Waals surface area contributed by atoms with Crippen molar-refractivity contribution < 1.29 is 13.5 Å². The summed E-state index contributed by atoms with van der Waals surface area (Å²) in [6.07, 6.45) is -0.776. The molecule has 0 aliphatic rings. The zero-order valence-electron chi connectivity index (χ0n) is 8.16. The summed E-state index contributed by atoms with van der Waals surface area (Å²) < 4.78 is 22.2. The van der Waals surface area contributed by atoms with E-state index in [0.717, 1.165) is 0 Å². The molecule has 0 saturated heterocycles. The second-order valence-electron chi connectivity index (χ2n) is 4.08. The molecule has 0 heterocycles. The molecule has 1 atom stereocenters. The molecule has 0 rings (SSSR count). The van der Waals surface area contributed by atoms with Gasteiger partial charge in [0.15, 0.2) is 9.84 Å². The third kappa shape index (κ3) is 4.07. The van der Waals surface area contributed by atoms with Gasteiger partial charge in [-0.2, -0.15) is 0 Å². The highest BCUT2D eigenvalue weighted by atomic mass is 32.2. The van der Waals surface area contributed by atoms with Crippen LogP contribution in [0.2, 0.25) is 0 Å². The Hall–Kier alpha value is -0.0900. The molecule has 0 aromatic carbocycles. The van der Waals surface area contributed by atoms with E-state index in [4.69, 9.17) is 0 Å². The fourth-order valence-electron chi connectivity index (χ4n) is 0.608. The average Bonchev–Trinajstić information content (AvgIpc) is 1.85. The van der Waals surface area contributed by atoms with E-state index in [1.165, 1.54) is 0 Å². The van der Waals surface area contributed by atoms with Gasteiger partial charge in [0.05, 0.1) is 11.9 Å². The second kappa shape index (κ2) is 3.75. The standard InChI is InChI=1S/C8H18O3S/c1-5-12(10,11)6-7(9)8(2,3)4/h7,9H,5-6H2,1-4H3/t7-/m1/s1. The molecule has 0 amide bonds. The van der Waals surface area contributed by atoms with Gasteiger partial charge in [-0.05, 0) is 5.41 Å². The van der Waals surface area contributed by atoms with Crippen LogP contribution in [0, 0.1) is 5.41 Å². The van der Waals surface area contributed by atoms with E-state index in [9.17, 15) is 13.5 Å². The molecule has 0 spiro atoms. The summed E-state index contributed by atoms with van der Waals surface area (Å²) in [5, 5.41) is 9.47. The highest BCUT2D eigenvalue weighted by Crippen LogP contribution is 2.20. The van der Waals surface area contributed by atoms with Crippen molar-refractivity contribution in [1.29, 1.82) is 0 Å². The first-order valence-electron chi connectivity index (χ1n) is 4.07. The lowest BCUT2D eigenvalue weighted by Crippen LogP contribution is -2.33. The van der Waals surface area contributed by atoms with E-state index in [1.54, 1.807) is 6.92 Å². The molecular weight excluding hydrogens is 176 g/mol. The van der Waals surface area contributed by atoms with E-state index < -0.39 is 15.9 Å². The van der Waals surface area contributed by atoms with Gasteiger partial charge >= 0.3 is 0 Å². The van der Waals surface area contributed by atoms with Crippen molar-refractivity contribution in [3.05, 3.63) is 0 Å². The third-order valence-corrected chi connectivity index (χ3v) is 3.55. The lowest BCUT2D eigenvalue weighted by atomic mass is 9.90. The Morgan fingerprint density at radius 1 is 1.33 bits per heavy atom. The number of aliphatic hydroxyl groups excluding tert-OH is 1. The smallest absolute Gasteiger partial charge is 0.152 e. The first-order chi connectivity index (χ1) is 5.19. The number of rotatable bonds is 3. The van der Waals surface area contributed by atoms with Gasteiger partial charge in [-0.1, -0.05) is 27.7 Å². The molecule has 0 aliphatic heterocycles. The van der Waals surface area contributed by atoms with Crippen LogP contribution in [0.5, 0.6) is 0 Å². The molecule has 0 bridgehead atoms. The van der Waals surface area contributed by atoms with E-state index in [1.807, 2.05) is 20.8 Å². The summed E-state index contributed by atoms with van der Waals surface area (Å²) in [7, 11) is -3.05. The predicted molar refractivity (Wildman–Crippen MR) is 49.8 cm³/mol. The van der Waals surface area contributed by atoms with E-state index in [2.05, 4.69) is 0 Å². The van der Waals surface area contributed by atoms with Crippen molar-refractivity contribution in [2.24, 2.45) is 5.41 Å². The quantitative estimate of drug-likeness (QED) is 0.724. The first kappa shape index (κ1) is 11.9. The number of sulfone groups is 1. The van der Waals surface area contributed by atoms with E-state index in [0.29, 0.717) is 0 Å². The number of hydrogen-bond donors (Lipinski definition) is 1. The van der Waals surface area contributed by atoms with Crippen LogP contribution < -0.4 is 0 Å². The van der Waals surface area contributed by atoms with Crippen molar-refractivity contribution >= 4 is 9.84 Å². The highest BCUT2D eigenvalue weighted by molar-refractivity contribution is 7.91. The van der Waals surface area contributed by atoms with Gasteiger partial charge in [-0.25, -0.2) is 8.42 Å². The largest absolute Gasteiger partial charge is 0.392 e. The fraction of sp³-hybridized carbons (Fsp3) is 1.00. The van der Waals surface area contributed by atoms with Gasteiger partial charge < -0.3 is 5.11 Å². The Labute approximate surface area is 74.7 Å². The van der Waals surface area contributed by atoms with Gasteiger partial charge in [-0.3, -0.25) is 0 Å². The third-order valence-electron chi connectivity index (χ3n) is 1.85. The van der Waals surface area contributed by atoms with Crippen LogP contribution in [-0.2, 0) is 9.84 Å². The van der Waals surface area contributed by atoms with E-state index >= 15 is 0 Å². The van der Waals surface area contributed by atoms with Crippen LogP contribution in [0.4, 0.5) is 0 Å². The number of aliphatic hydroxyl groups is 1. The SMILES string of the molecule is CCS(=O)(=O)C[C@@H](O)C(C)(C)C. The Kier molecular flexibility index (Phi) is 3.72. The summed E-state index contributed by atoms with van der Waals surface area (Å²) in [5.74, 6) is -0.0346. The molecule has 12 heavy (non-hydrogen) atoms. The number of hydrogen-bond acceptors (Lipinski definition) is 3. The Morgan fingerprint density at radius 3 is 2.00 bits per heavy atom. The molecule has 3 nitrogen and oxygen atoms in total. The van der Waals surface area contributed by atoms with Crippen molar-refractivity contribution in [1.82, 2.24) is 0 Å². The van der Waals surface area contributed by atoms with Crippen molar-refractivity contribution in [2.75, 3.05) is 11.5 Å². The minimum atomic E-state index is -3.05. The van der Waals surface area contributed by atoms with Gasteiger partial charge in [0, 0.05) is 5.75 Å². The van der Waals surface area contributed by atoms with Gasteiger partial charge in [0.25, 0.3) is 0 Å². The Balaban J connectivity index is 4.30. The zero-order chi connectivity index (χ0) is 9.99. The minimum absolute atomic E-state index is 0.0974. The highest BCUT2D eigenvalue weighted by Gasteiger charge is 2.26. The van der Waals surface area contributed by atoms with Crippen LogP contribution in [-0.4, -0.2) is 31.1 Å². The summed E-state index contributed by atoms with van der Waals surface area (Å²) in [4.78, 5) is 0. The van der Waals surface area contributed by atoms with Gasteiger partial charge in [0.2, 0.25) is 0 Å². The van der Waals surface area contributed by atoms with Crippen molar-refractivity contribution in [3.63, 3.8) is 0 Å². The van der Waals surface area contributed by atoms with Crippen LogP contribution in [0.1, 0.15) is 27.7 Å². The molecule has 0 aromatic rings. The molecule has 0 saturated carbocycles. The predicted octanol–water partition coefficient (Wildman–Crippen LogP) is 0.828. The van der Waals surface area contributed by atoms with Crippen LogP contribution in [0.3, 0.4) is 0 Å². The Bertz CT molecular complexity index is 223. The summed E-state index contributed by atoms with van der Waals surface area (Å²) >= 11 is 0. The summed E-state index contributed by atoms with van der Waals surface area (Å²) in [6.45, 7) is 7.05. The minimum Gasteiger partial charge on any atom is -0.392 e. The first-order valence-corrected chi connectivity index (χ1v) is 5.89.